The van der Waals surface area contributed by atoms with Crippen LogP contribution in [-0.2, 0) is 6.42 Å². The predicted molar refractivity (Wildman–Crippen MR) is 144 cm³/mol. The van der Waals surface area contributed by atoms with Crippen LogP contribution in [-0.4, -0.2) is 40.1 Å². The van der Waals surface area contributed by atoms with Gasteiger partial charge in [-0.1, -0.05) is 12.1 Å². The number of aromatic nitrogens is 4. The number of rotatable bonds is 5. The number of aromatic amines is 1. The fraction of sp³-hybridized carbons (Fsp3) is 0.267. The molecule has 0 spiro atoms. The summed E-state index contributed by atoms with van der Waals surface area (Å²) in [6, 6.07) is 18.0. The Morgan fingerprint density at radius 3 is 2.43 bits per heavy atom. The number of methoxy groups -OCH3 is 1. The van der Waals surface area contributed by atoms with E-state index in [1.807, 2.05) is 36.4 Å². The van der Waals surface area contributed by atoms with Gasteiger partial charge < -0.3 is 14.6 Å². The summed E-state index contributed by atoms with van der Waals surface area (Å²) in [5, 5.41) is 9.09. The number of nitrogens with zero attached hydrogens (tertiary/aromatic N) is 5. The van der Waals surface area contributed by atoms with E-state index in [1.165, 1.54) is 5.57 Å². The first-order valence-electron chi connectivity index (χ1n) is 12.6. The van der Waals surface area contributed by atoms with Gasteiger partial charge in [-0.3, -0.25) is 0 Å². The molecule has 6 rings (SSSR count). The topological polar surface area (TPSA) is 90.7 Å². The van der Waals surface area contributed by atoms with Crippen LogP contribution in [0.4, 0.5) is 5.82 Å². The highest BCUT2D eigenvalue weighted by Crippen LogP contribution is 2.37. The van der Waals surface area contributed by atoms with Crippen LogP contribution in [0, 0.1) is 18.3 Å². The van der Waals surface area contributed by atoms with Gasteiger partial charge in [0.1, 0.15) is 23.7 Å². The highest BCUT2D eigenvalue weighted by Gasteiger charge is 2.28. The molecule has 2 aliphatic rings. The summed E-state index contributed by atoms with van der Waals surface area (Å²) < 4.78 is 5.29. The zero-order valence-corrected chi connectivity index (χ0v) is 21.0. The zero-order valence-electron chi connectivity index (χ0n) is 21.0. The van der Waals surface area contributed by atoms with Crippen molar-refractivity contribution in [2.45, 2.75) is 32.1 Å². The van der Waals surface area contributed by atoms with Crippen molar-refractivity contribution in [2.24, 2.45) is 0 Å². The Bertz CT molecular complexity index is 1500. The molecule has 1 aliphatic carbocycles. The van der Waals surface area contributed by atoms with Crippen LogP contribution in [0.2, 0.25) is 0 Å². The van der Waals surface area contributed by atoms with Gasteiger partial charge in [-0.25, -0.2) is 15.0 Å². The monoisotopic (exact) mass is 488 g/mol. The molecule has 1 fully saturated rings. The van der Waals surface area contributed by atoms with Crippen molar-refractivity contribution in [1.82, 2.24) is 19.9 Å². The Kier molecular flexibility index (Phi) is 5.93. The number of nitrogens with one attached hydrogen (secondary N) is 1. The third-order valence-electron chi connectivity index (χ3n) is 7.45. The van der Waals surface area contributed by atoms with E-state index in [-0.39, 0.29) is 0 Å². The van der Waals surface area contributed by atoms with Gasteiger partial charge in [0.15, 0.2) is 0 Å². The number of H-pyrrole nitrogens is 1. The Balaban J connectivity index is 1.18. The van der Waals surface area contributed by atoms with E-state index >= 15 is 0 Å². The molecule has 1 saturated heterocycles. The lowest BCUT2D eigenvalue weighted by Crippen LogP contribution is -2.34. The van der Waals surface area contributed by atoms with Crippen LogP contribution in [0.15, 0.2) is 54.9 Å². The summed E-state index contributed by atoms with van der Waals surface area (Å²) in [4.78, 5) is 20.2. The fourth-order valence-electron chi connectivity index (χ4n) is 5.38. The van der Waals surface area contributed by atoms with Gasteiger partial charge in [0.25, 0.3) is 0 Å². The molecule has 7 heteroatoms. The molecule has 184 valence electrons. The van der Waals surface area contributed by atoms with E-state index in [9.17, 15) is 0 Å². The van der Waals surface area contributed by atoms with Gasteiger partial charge in [0, 0.05) is 42.2 Å². The number of aryl methyl sites for hydroxylation is 1. The smallest absolute Gasteiger partial charge is 0.139 e. The number of fused-ring (bicyclic) bond motifs is 1. The van der Waals surface area contributed by atoms with Crippen molar-refractivity contribution in [3.8, 4) is 23.1 Å². The predicted octanol–water partition coefficient (Wildman–Crippen LogP) is 5.54. The molecule has 1 N–H and O–H groups in total. The molecule has 0 saturated carbocycles. The number of ether oxygens (including phenoxy) is 1. The second kappa shape index (κ2) is 9.55. The second-order valence-electron chi connectivity index (χ2n) is 9.68. The highest BCUT2D eigenvalue weighted by atomic mass is 16.5. The third-order valence-corrected chi connectivity index (χ3v) is 7.45. The zero-order chi connectivity index (χ0) is 25.4. The molecule has 0 amide bonds. The average molecular weight is 489 g/mol. The minimum Gasteiger partial charge on any atom is -0.497 e. The van der Waals surface area contributed by atoms with Crippen molar-refractivity contribution >= 4 is 17.5 Å². The normalized spacial score (nSPS) is 15.3. The number of imidazole rings is 1. The SMILES string of the molecule is COc1ccc(-c2nc(C3CCN(c4ncnc5c4C=C(c4ccc(C#N)cc4)C5)CC3)[nH]c2C)cc1. The Hall–Kier alpha value is -4.44. The van der Waals surface area contributed by atoms with Crippen molar-refractivity contribution in [3.05, 3.63) is 88.8 Å². The van der Waals surface area contributed by atoms with Crippen molar-refractivity contribution in [2.75, 3.05) is 25.1 Å². The lowest BCUT2D eigenvalue weighted by molar-refractivity contribution is 0.415. The molecular formula is C30H28N6O. The Labute approximate surface area is 216 Å². The van der Waals surface area contributed by atoms with Gasteiger partial charge in [-0.2, -0.15) is 5.26 Å². The number of allylic oxidation sites excluding steroid dienone is 1. The van der Waals surface area contributed by atoms with E-state index < -0.39 is 0 Å². The minimum atomic E-state index is 0.390. The van der Waals surface area contributed by atoms with Crippen LogP contribution < -0.4 is 9.64 Å². The maximum absolute atomic E-state index is 9.09. The molecule has 0 unspecified atom stereocenters. The fourth-order valence-corrected chi connectivity index (χ4v) is 5.38. The van der Waals surface area contributed by atoms with Gasteiger partial charge in [0.05, 0.1) is 30.1 Å². The molecule has 0 atom stereocenters. The molecule has 2 aromatic carbocycles. The van der Waals surface area contributed by atoms with E-state index in [2.05, 4.69) is 46.1 Å². The Morgan fingerprint density at radius 1 is 1.00 bits per heavy atom. The van der Waals surface area contributed by atoms with Gasteiger partial charge in [-0.05, 0) is 73.4 Å². The standard InChI is InChI=1S/C30H28N6O/c1-19-28(22-7-9-25(37-2)10-8-22)35-29(34-19)23-11-13-36(14-12-23)30-26-15-24(16-27(26)32-18-33-30)21-5-3-20(17-31)4-6-21/h3-10,15,18,23H,11-14,16H2,1-2H3,(H,34,35). The first kappa shape index (κ1) is 23.0. The highest BCUT2D eigenvalue weighted by molar-refractivity contribution is 5.91. The minimum absolute atomic E-state index is 0.390. The second-order valence-corrected chi connectivity index (χ2v) is 9.68. The number of benzene rings is 2. The number of nitriles is 1. The Morgan fingerprint density at radius 2 is 1.73 bits per heavy atom. The summed E-state index contributed by atoms with van der Waals surface area (Å²) in [5.74, 6) is 3.32. The van der Waals surface area contributed by atoms with Gasteiger partial charge in [0.2, 0.25) is 0 Å². The molecule has 0 bridgehead atoms. The van der Waals surface area contributed by atoms with Crippen LogP contribution in [0.3, 0.4) is 0 Å². The van der Waals surface area contributed by atoms with E-state index in [1.54, 1.807) is 13.4 Å². The molecular weight excluding hydrogens is 460 g/mol. The largest absolute Gasteiger partial charge is 0.497 e. The molecule has 4 aromatic rings. The number of piperidine rings is 1. The van der Waals surface area contributed by atoms with Gasteiger partial charge in [-0.15, -0.1) is 0 Å². The molecule has 7 nitrogen and oxygen atoms in total. The van der Waals surface area contributed by atoms with Crippen LogP contribution >= 0.6 is 0 Å². The van der Waals surface area contributed by atoms with Crippen LogP contribution in [0.5, 0.6) is 5.75 Å². The third kappa shape index (κ3) is 4.36. The number of anilines is 1. The van der Waals surface area contributed by atoms with E-state index in [4.69, 9.17) is 20.0 Å². The quantitative estimate of drug-likeness (QED) is 0.397. The summed E-state index contributed by atoms with van der Waals surface area (Å²) in [6.07, 6.45) is 6.72. The molecule has 2 aromatic heterocycles. The van der Waals surface area contributed by atoms with E-state index in [0.717, 1.165) is 83.5 Å². The summed E-state index contributed by atoms with van der Waals surface area (Å²) in [6.45, 7) is 3.94. The molecule has 0 radical (unpaired) electrons. The molecule has 1 aliphatic heterocycles. The van der Waals surface area contributed by atoms with E-state index in [0.29, 0.717) is 11.5 Å². The summed E-state index contributed by atoms with van der Waals surface area (Å²) in [5.41, 5.74) is 8.40. The first-order valence-corrected chi connectivity index (χ1v) is 12.6. The van der Waals surface area contributed by atoms with Crippen molar-refractivity contribution < 1.29 is 4.74 Å². The maximum Gasteiger partial charge on any atom is 0.139 e. The lowest BCUT2D eigenvalue weighted by Gasteiger charge is -2.32. The first-order chi connectivity index (χ1) is 18.1. The summed E-state index contributed by atoms with van der Waals surface area (Å²) in [7, 11) is 1.68. The van der Waals surface area contributed by atoms with Gasteiger partial charge >= 0.3 is 0 Å². The summed E-state index contributed by atoms with van der Waals surface area (Å²) >= 11 is 0. The number of hydrogen-bond donors (Lipinski definition) is 1. The van der Waals surface area contributed by atoms with Crippen LogP contribution in [0.1, 0.15) is 52.7 Å². The maximum atomic E-state index is 9.09. The average Bonchev–Trinajstić information content (AvgIpc) is 3.57. The lowest BCUT2D eigenvalue weighted by atomic mass is 9.96. The molecule has 37 heavy (non-hydrogen) atoms. The van der Waals surface area contributed by atoms with Crippen LogP contribution in [0.25, 0.3) is 22.9 Å². The molecule has 3 heterocycles. The van der Waals surface area contributed by atoms with Crippen molar-refractivity contribution in [3.63, 3.8) is 0 Å². The number of hydrogen-bond acceptors (Lipinski definition) is 6. The van der Waals surface area contributed by atoms with Crippen molar-refractivity contribution in [1.29, 1.82) is 5.26 Å².